The molecule has 3 nitrogen and oxygen atoms in total. The van der Waals surface area contributed by atoms with Crippen molar-refractivity contribution < 1.29 is 9.59 Å². The minimum atomic E-state index is -0.0341. The maximum absolute atomic E-state index is 12.3. The smallest absolute Gasteiger partial charge is 0.220 e. The summed E-state index contributed by atoms with van der Waals surface area (Å²) in [7, 11) is 0. The van der Waals surface area contributed by atoms with Crippen molar-refractivity contribution in [3.63, 3.8) is 0 Å². The normalized spacial score (nSPS) is 11.0. The third kappa shape index (κ3) is 10.6. The Balaban J connectivity index is 2.11. The van der Waals surface area contributed by atoms with Gasteiger partial charge in [-0.3, -0.25) is 9.59 Å². The van der Waals surface area contributed by atoms with Crippen LogP contribution >= 0.6 is 0 Å². The van der Waals surface area contributed by atoms with Crippen LogP contribution in [-0.4, -0.2) is 11.7 Å². The van der Waals surface area contributed by atoms with Gasteiger partial charge in [0.2, 0.25) is 5.91 Å². The van der Waals surface area contributed by atoms with Crippen molar-refractivity contribution >= 4 is 11.7 Å². The summed E-state index contributed by atoms with van der Waals surface area (Å²) in [4.78, 5) is 24.4. The molecular weight excluding hydrogens is 346 g/mol. The molecule has 1 N–H and O–H groups in total. The first-order valence-electron chi connectivity index (χ1n) is 11.4. The number of carbonyl (C=O) groups is 2. The summed E-state index contributed by atoms with van der Waals surface area (Å²) in [5.41, 5.74) is 1.64. The fraction of sp³-hybridized carbons (Fsp3) is 0.680. The minimum absolute atomic E-state index is 0.0341. The molecule has 0 aliphatic heterocycles. The van der Waals surface area contributed by atoms with Crippen LogP contribution in [0.2, 0.25) is 0 Å². The molecule has 1 aromatic carbocycles. The van der Waals surface area contributed by atoms with Gasteiger partial charge in [-0.15, -0.1) is 0 Å². The van der Waals surface area contributed by atoms with E-state index in [4.69, 9.17) is 0 Å². The van der Waals surface area contributed by atoms with Crippen LogP contribution in [0.15, 0.2) is 24.3 Å². The molecule has 28 heavy (non-hydrogen) atoms. The maximum atomic E-state index is 12.3. The Kier molecular flexibility index (Phi) is 13.3. The number of unbranched alkanes of at least 4 members (excludes halogenated alkanes) is 10. The molecule has 1 amide bonds. The Bertz CT molecular complexity index is 565. The highest BCUT2D eigenvalue weighted by Crippen LogP contribution is 2.15. The molecule has 0 unspecified atom stereocenters. The topological polar surface area (TPSA) is 46.2 Å². The molecule has 0 aliphatic carbocycles. The van der Waals surface area contributed by atoms with Crippen molar-refractivity contribution in [1.29, 1.82) is 0 Å². The number of amides is 1. The molecule has 0 aliphatic rings. The van der Waals surface area contributed by atoms with Gasteiger partial charge in [-0.2, -0.15) is 0 Å². The number of ketones is 1. The fourth-order valence-corrected chi connectivity index (χ4v) is 3.46. The van der Waals surface area contributed by atoms with Crippen LogP contribution in [-0.2, 0) is 11.3 Å². The van der Waals surface area contributed by atoms with Gasteiger partial charge in [0.15, 0.2) is 5.78 Å². The molecular formula is C25H41NO2. The zero-order valence-corrected chi connectivity index (χ0v) is 18.4. The number of Topliss-reactive ketones (excluding diaryl/α,β-unsaturated/α-hetero) is 1. The van der Waals surface area contributed by atoms with Gasteiger partial charge in [-0.1, -0.05) is 109 Å². The van der Waals surface area contributed by atoms with Gasteiger partial charge in [0.1, 0.15) is 0 Å². The molecule has 3 heteroatoms. The van der Waals surface area contributed by atoms with Crippen LogP contribution in [0, 0.1) is 5.92 Å². The van der Waals surface area contributed by atoms with Crippen molar-refractivity contribution in [1.82, 2.24) is 5.32 Å². The first-order chi connectivity index (χ1) is 13.6. The van der Waals surface area contributed by atoms with Crippen molar-refractivity contribution in [2.24, 2.45) is 5.92 Å². The largest absolute Gasteiger partial charge is 0.352 e. The van der Waals surface area contributed by atoms with E-state index in [-0.39, 0.29) is 17.6 Å². The van der Waals surface area contributed by atoms with E-state index in [9.17, 15) is 9.59 Å². The number of hydrogen-bond acceptors (Lipinski definition) is 2. The summed E-state index contributed by atoms with van der Waals surface area (Å²) < 4.78 is 0. The Hall–Kier alpha value is -1.64. The van der Waals surface area contributed by atoms with Crippen molar-refractivity contribution in [3.8, 4) is 0 Å². The summed E-state index contributed by atoms with van der Waals surface area (Å²) in [6.07, 6.45) is 14.7. The number of rotatable bonds is 16. The molecule has 0 fully saturated rings. The van der Waals surface area contributed by atoms with Gasteiger partial charge in [0.25, 0.3) is 0 Å². The fourth-order valence-electron chi connectivity index (χ4n) is 3.46. The van der Waals surface area contributed by atoms with Crippen molar-refractivity contribution in [3.05, 3.63) is 35.4 Å². The van der Waals surface area contributed by atoms with E-state index in [1.165, 1.54) is 57.8 Å². The highest BCUT2D eigenvalue weighted by Gasteiger charge is 2.14. The molecule has 0 bridgehead atoms. The van der Waals surface area contributed by atoms with Crippen LogP contribution in [0.3, 0.4) is 0 Å². The second-order valence-corrected chi connectivity index (χ2v) is 8.24. The lowest BCUT2D eigenvalue weighted by molar-refractivity contribution is -0.121. The van der Waals surface area contributed by atoms with Gasteiger partial charge in [-0.25, -0.2) is 0 Å². The standard InChI is InChI=1S/C25H41NO2/c1-4-5-6-7-8-9-10-11-12-13-14-19-24(27)26-20-22-17-15-16-18-23(22)25(28)21(2)3/h15-18,21H,4-14,19-20H2,1-3H3,(H,26,27). The van der Waals surface area contributed by atoms with Gasteiger partial charge in [-0.05, 0) is 12.0 Å². The van der Waals surface area contributed by atoms with Gasteiger partial charge in [0, 0.05) is 24.4 Å². The van der Waals surface area contributed by atoms with E-state index in [1.54, 1.807) is 0 Å². The van der Waals surface area contributed by atoms with Crippen molar-refractivity contribution in [2.75, 3.05) is 0 Å². The van der Waals surface area contributed by atoms with Gasteiger partial charge in [0.05, 0.1) is 0 Å². The molecule has 0 aromatic heterocycles. The molecule has 0 heterocycles. The molecule has 1 rings (SSSR count). The van der Waals surface area contributed by atoms with Crippen LogP contribution in [0.4, 0.5) is 0 Å². The number of hydrogen-bond donors (Lipinski definition) is 1. The summed E-state index contributed by atoms with van der Waals surface area (Å²) in [5, 5.41) is 2.98. The van der Waals surface area contributed by atoms with Gasteiger partial charge < -0.3 is 5.32 Å². The summed E-state index contributed by atoms with van der Waals surface area (Å²) in [6, 6.07) is 7.58. The monoisotopic (exact) mass is 387 g/mol. The molecule has 1 aromatic rings. The lowest BCUT2D eigenvalue weighted by Crippen LogP contribution is -2.24. The van der Waals surface area contributed by atoms with E-state index in [0.717, 1.165) is 24.0 Å². The second-order valence-electron chi connectivity index (χ2n) is 8.24. The highest BCUT2D eigenvalue weighted by molar-refractivity contribution is 5.98. The van der Waals surface area contributed by atoms with Crippen LogP contribution in [0.5, 0.6) is 0 Å². The Morgan fingerprint density at radius 3 is 1.93 bits per heavy atom. The third-order valence-corrected chi connectivity index (χ3v) is 5.29. The number of benzene rings is 1. The lowest BCUT2D eigenvalue weighted by atomic mass is 9.96. The van der Waals surface area contributed by atoms with Gasteiger partial charge >= 0.3 is 0 Å². The summed E-state index contributed by atoms with van der Waals surface area (Å²) in [5.74, 6) is 0.186. The van der Waals surface area contributed by atoms with Crippen LogP contribution < -0.4 is 5.32 Å². The average molecular weight is 388 g/mol. The predicted molar refractivity (Wildman–Crippen MR) is 119 cm³/mol. The van der Waals surface area contributed by atoms with E-state index >= 15 is 0 Å². The minimum Gasteiger partial charge on any atom is -0.352 e. The highest BCUT2D eigenvalue weighted by atomic mass is 16.1. The second kappa shape index (κ2) is 15.3. The third-order valence-electron chi connectivity index (χ3n) is 5.29. The summed E-state index contributed by atoms with van der Waals surface area (Å²) >= 11 is 0. The Morgan fingerprint density at radius 1 is 0.821 bits per heavy atom. The zero-order valence-electron chi connectivity index (χ0n) is 18.4. The first kappa shape index (κ1) is 24.4. The van der Waals surface area contributed by atoms with E-state index in [1.807, 2.05) is 38.1 Å². The molecule has 0 atom stereocenters. The lowest BCUT2D eigenvalue weighted by Gasteiger charge is -2.11. The van der Waals surface area contributed by atoms with Crippen molar-refractivity contribution in [2.45, 2.75) is 104 Å². The number of nitrogens with one attached hydrogen (secondary N) is 1. The SMILES string of the molecule is CCCCCCCCCCCCCC(=O)NCc1ccccc1C(=O)C(C)C. The molecule has 0 spiro atoms. The molecule has 0 saturated carbocycles. The summed E-state index contributed by atoms with van der Waals surface area (Å²) in [6.45, 7) is 6.51. The van der Waals surface area contributed by atoms with E-state index in [0.29, 0.717) is 13.0 Å². The van der Waals surface area contributed by atoms with E-state index in [2.05, 4.69) is 12.2 Å². The maximum Gasteiger partial charge on any atom is 0.220 e. The van der Waals surface area contributed by atoms with E-state index < -0.39 is 0 Å². The molecule has 0 radical (unpaired) electrons. The molecule has 0 saturated heterocycles. The first-order valence-corrected chi connectivity index (χ1v) is 11.4. The molecule has 158 valence electrons. The predicted octanol–water partition coefficient (Wildman–Crippen LogP) is 6.84. The van der Waals surface area contributed by atoms with Crippen LogP contribution in [0.1, 0.15) is 114 Å². The number of carbonyl (C=O) groups excluding carboxylic acids is 2. The van der Waals surface area contributed by atoms with Crippen LogP contribution in [0.25, 0.3) is 0 Å². The Labute approximate surface area is 172 Å². The average Bonchev–Trinajstić information content (AvgIpc) is 2.70. The zero-order chi connectivity index (χ0) is 20.6. The Morgan fingerprint density at radius 2 is 1.36 bits per heavy atom. The quantitative estimate of drug-likeness (QED) is 0.249.